The first-order chi connectivity index (χ1) is 19.0. The highest BCUT2D eigenvalue weighted by molar-refractivity contribution is 7.99. The van der Waals surface area contributed by atoms with Gasteiger partial charge in [-0.2, -0.15) is 0 Å². The van der Waals surface area contributed by atoms with Gasteiger partial charge in [0.2, 0.25) is 0 Å². The lowest BCUT2D eigenvalue weighted by Crippen LogP contribution is -2.27. The minimum absolute atomic E-state index is 0.323. The molecule has 0 bridgehead atoms. The number of aryl methyl sites for hydroxylation is 2. The summed E-state index contributed by atoms with van der Waals surface area (Å²) in [5, 5.41) is 14.7. The van der Waals surface area contributed by atoms with Crippen LogP contribution in [0.15, 0.2) is 58.2 Å². The Balaban J connectivity index is 1.05. The molecule has 0 aliphatic carbocycles. The van der Waals surface area contributed by atoms with E-state index in [1.54, 1.807) is 17.8 Å². The molecule has 7 nitrogen and oxygen atoms in total. The number of thioether (sulfide) groups is 1. The molecule has 1 aliphatic rings. The molecule has 0 unspecified atom stereocenters. The molecule has 2 aromatic carbocycles. The molecule has 1 aliphatic heterocycles. The predicted octanol–water partition coefficient (Wildman–Crippen LogP) is 6.02. The van der Waals surface area contributed by atoms with Crippen molar-refractivity contribution >= 4 is 22.7 Å². The van der Waals surface area contributed by atoms with Crippen molar-refractivity contribution in [3.8, 4) is 22.6 Å². The number of nitrogens with zero attached hydrogens (tertiary/aromatic N) is 6. The molecule has 3 aromatic heterocycles. The highest BCUT2D eigenvalue weighted by Crippen LogP contribution is 2.31. The summed E-state index contributed by atoms with van der Waals surface area (Å²) in [4.78, 5) is 6.95. The molecular weight excluding hydrogens is 511 g/mol. The Kier molecular flexibility index (Phi) is 7.18. The summed E-state index contributed by atoms with van der Waals surface area (Å²) in [5.74, 6) is 2.18. The van der Waals surface area contributed by atoms with E-state index in [1.807, 2.05) is 43.7 Å². The van der Waals surface area contributed by atoms with Crippen LogP contribution < -0.4 is 0 Å². The largest absolute Gasteiger partial charge is 0.361 e. The van der Waals surface area contributed by atoms with E-state index in [9.17, 15) is 4.39 Å². The third-order valence-electron chi connectivity index (χ3n) is 7.40. The predicted molar refractivity (Wildman–Crippen MR) is 152 cm³/mol. The van der Waals surface area contributed by atoms with Crippen LogP contribution in [0.4, 0.5) is 4.39 Å². The maximum atomic E-state index is 14.4. The topological polar surface area (TPSA) is 72.9 Å². The van der Waals surface area contributed by atoms with Crippen molar-refractivity contribution in [1.29, 1.82) is 0 Å². The van der Waals surface area contributed by atoms with Gasteiger partial charge in [0.05, 0.1) is 0 Å². The molecule has 0 radical (unpaired) electrons. The molecule has 0 amide bonds. The van der Waals surface area contributed by atoms with E-state index in [1.165, 1.54) is 17.2 Å². The van der Waals surface area contributed by atoms with Crippen LogP contribution in [0.3, 0.4) is 0 Å². The van der Waals surface area contributed by atoms with E-state index < -0.39 is 0 Å². The van der Waals surface area contributed by atoms with Crippen molar-refractivity contribution < 1.29 is 8.91 Å². The minimum Gasteiger partial charge on any atom is -0.361 e. The zero-order valence-electron chi connectivity index (χ0n) is 22.4. The number of hydrogen-bond acceptors (Lipinski definition) is 7. The van der Waals surface area contributed by atoms with Crippen molar-refractivity contribution in [2.45, 2.75) is 38.3 Å². The Morgan fingerprint density at radius 1 is 0.974 bits per heavy atom. The normalized spacial score (nSPS) is 14.1. The number of rotatable bonds is 7. The van der Waals surface area contributed by atoms with Gasteiger partial charge in [-0.05, 0) is 75.0 Å². The number of fused-ring (bicyclic) bond motifs is 2. The Hall–Kier alpha value is -3.56. The first kappa shape index (κ1) is 25.7. The summed E-state index contributed by atoms with van der Waals surface area (Å²) < 4.78 is 21.7. The molecule has 200 valence electrons. The second-order valence-electron chi connectivity index (χ2n) is 10.2. The molecule has 0 N–H and O–H groups in total. The lowest BCUT2D eigenvalue weighted by Gasteiger charge is -2.19. The Morgan fingerprint density at radius 2 is 1.82 bits per heavy atom. The molecule has 0 spiro atoms. The van der Waals surface area contributed by atoms with Crippen LogP contribution in [0.5, 0.6) is 0 Å². The second kappa shape index (κ2) is 10.9. The molecular formula is C30H31FN6OS. The molecule has 4 heterocycles. The van der Waals surface area contributed by atoms with Gasteiger partial charge in [0.1, 0.15) is 22.8 Å². The molecule has 0 saturated carbocycles. The summed E-state index contributed by atoms with van der Waals surface area (Å²) >= 11 is 1.71. The van der Waals surface area contributed by atoms with Crippen molar-refractivity contribution in [3.63, 3.8) is 0 Å². The quantitative estimate of drug-likeness (QED) is 0.184. The van der Waals surface area contributed by atoms with Crippen LogP contribution in [0.25, 0.3) is 33.5 Å². The molecule has 0 saturated heterocycles. The minimum atomic E-state index is -0.323. The molecule has 0 atom stereocenters. The van der Waals surface area contributed by atoms with Gasteiger partial charge in [0.25, 0.3) is 0 Å². The third kappa shape index (κ3) is 5.33. The van der Waals surface area contributed by atoms with E-state index in [2.05, 4.69) is 43.4 Å². The van der Waals surface area contributed by atoms with Crippen molar-refractivity contribution in [3.05, 3.63) is 76.9 Å². The van der Waals surface area contributed by atoms with Crippen molar-refractivity contribution in [2.75, 3.05) is 25.4 Å². The Labute approximate surface area is 231 Å². The van der Waals surface area contributed by atoms with E-state index in [0.29, 0.717) is 5.52 Å². The SMILES string of the molecule is Cc1ccc2c(-c3nnc(SCCCN4CCc5ccc(-c6cc(C)on6)cc5CC4)n3C)ccc(F)c2n1. The van der Waals surface area contributed by atoms with Gasteiger partial charge in [-0.1, -0.05) is 35.1 Å². The number of hydrogen-bond donors (Lipinski definition) is 0. The average molecular weight is 543 g/mol. The lowest BCUT2D eigenvalue weighted by atomic mass is 9.99. The summed E-state index contributed by atoms with van der Waals surface area (Å²) in [5.41, 5.74) is 6.86. The summed E-state index contributed by atoms with van der Waals surface area (Å²) in [6.07, 6.45) is 3.17. The molecule has 0 fully saturated rings. The Bertz CT molecular complexity index is 1640. The zero-order chi connectivity index (χ0) is 26.9. The first-order valence-electron chi connectivity index (χ1n) is 13.3. The van der Waals surface area contributed by atoms with Gasteiger partial charge in [0.15, 0.2) is 11.0 Å². The first-order valence-corrected chi connectivity index (χ1v) is 14.3. The fourth-order valence-electron chi connectivity index (χ4n) is 5.26. The van der Waals surface area contributed by atoms with Crippen LogP contribution in [-0.4, -0.2) is 55.2 Å². The third-order valence-corrected chi connectivity index (χ3v) is 8.50. The highest BCUT2D eigenvalue weighted by Gasteiger charge is 2.18. The number of benzene rings is 2. The van der Waals surface area contributed by atoms with Crippen LogP contribution in [0, 0.1) is 19.7 Å². The van der Waals surface area contributed by atoms with E-state index in [0.717, 1.165) is 89.3 Å². The average Bonchev–Trinajstić information content (AvgIpc) is 3.47. The fourth-order valence-corrected chi connectivity index (χ4v) is 6.09. The molecule has 39 heavy (non-hydrogen) atoms. The molecule has 5 aromatic rings. The fraction of sp³-hybridized carbons (Fsp3) is 0.333. The second-order valence-corrected chi connectivity index (χ2v) is 11.2. The summed E-state index contributed by atoms with van der Waals surface area (Å²) in [6.45, 7) is 6.96. The van der Waals surface area contributed by atoms with E-state index in [4.69, 9.17) is 4.52 Å². The van der Waals surface area contributed by atoms with Gasteiger partial charge in [0, 0.05) is 54.2 Å². The van der Waals surface area contributed by atoms with E-state index >= 15 is 0 Å². The number of pyridine rings is 1. The monoisotopic (exact) mass is 542 g/mol. The van der Waals surface area contributed by atoms with Crippen LogP contribution in [0.2, 0.25) is 0 Å². The van der Waals surface area contributed by atoms with Crippen LogP contribution in [0.1, 0.15) is 29.0 Å². The van der Waals surface area contributed by atoms with Crippen LogP contribution >= 0.6 is 11.8 Å². The Morgan fingerprint density at radius 3 is 2.64 bits per heavy atom. The smallest absolute Gasteiger partial charge is 0.191 e. The van der Waals surface area contributed by atoms with Crippen molar-refractivity contribution in [2.24, 2.45) is 7.05 Å². The number of aromatic nitrogens is 5. The number of halogens is 1. The van der Waals surface area contributed by atoms with Crippen LogP contribution in [-0.2, 0) is 19.9 Å². The van der Waals surface area contributed by atoms with Gasteiger partial charge in [-0.15, -0.1) is 10.2 Å². The zero-order valence-corrected chi connectivity index (χ0v) is 23.3. The standard InChI is InChI=1S/C30H31FN6OS/c1-19-5-8-24-25(9-10-26(31)28(24)32-19)29-33-34-30(36(29)3)39-16-4-13-37-14-11-21-6-7-23(18-22(21)12-15-37)27-17-20(2)38-35-27/h5-10,17-18H,4,11-16H2,1-3H3. The maximum absolute atomic E-state index is 14.4. The van der Waals surface area contributed by atoms with Gasteiger partial charge >= 0.3 is 0 Å². The summed E-state index contributed by atoms with van der Waals surface area (Å²) in [7, 11) is 1.97. The maximum Gasteiger partial charge on any atom is 0.191 e. The van der Waals surface area contributed by atoms with Crippen molar-refractivity contribution in [1.82, 2.24) is 29.8 Å². The summed E-state index contributed by atoms with van der Waals surface area (Å²) in [6, 6.07) is 15.7. The van der Waals surface area contributed by atoms with E-state index in [-0.39, 0.29) is 5.82 Å². The highest BCUT2D eigenvalue weighted by atomic mass is 32.2. The molecule has 9 heteroatoms. The van der Waals surface area contributed by atoms with Gasteiger partial charge < -0.3 is 14.0 Å². The molecule has 6 rings (SSSR count). The van der Waals surface area contributed by atoms with Gasteiger partial charge in [-0.25, -0.2) is 4.39 Å². The van der Waals surface area contributed by atoms with Gasteiger partial charge in [-0.3, -0.25) is 4.98 Å². The lowest BCUT2D eigenvalue weighted by molar-refractivity contribution is 0.289.